The highest BCUT2D eigenvalue weighted by molar-refractivity contribution is 9.10. The van der Waals surface area contributed by atoms with Crippen LogP contribution in [0.5, 0.6) is 0 Å². The molecule has 2 aromatic rings. The zero-order chi connectivity index (χ0) is 20.7. The molecule has 1 saturated heterocycles. The van der Waals surface area contributed by atoms with Crippen molar-refractivity contribution in [3.8, 4) is 0 Å². The van der Waals surface area contributed by atoms with Crippen LogP contribution in [0.1, 0.15) is 12.0 Å². The van der Waals surface area contributed by atoms with Gasteiger partial charge in [0.15, 0.2) is 0 Å². The summed E-state index contributed by atoms with van der Waals surface area (Å²) in [5.41, 5.74) is 1.06. The molecule has 0 radical (unpaired) electrons. The van der Waals surface area contributed by atoms with Gasteiger partial charge in [-0.25, -0.2) is 13.4 Å². The average molecular weight is 481 g/mol. The van der Waals surface area contributed by atoms with Crippen LogP contribution in [0.15, 0.2) is 53.1 Å². The lowest BCUT2D eigenvalue weighted by molar-refractivity contribution is -0.120. The Kier molecular flexibility index (Phi) is 7.63. The van der Waals surface area contributed by atoms with Crippen molar-refractivity contribution in [2.24, 2.45) is 0 Å². The van der Waals surface area contributed by atoms with Gasteiger partial charge in [-0.05, 0) is 30.2 Å². The van der Waals surface area contributed by atoms with Crippen LogP contribution in [0.2, 0.25) is 0 Å². The monoisotopic (exact) mass is 480 g/mol. The number of hydrogen-bond donors (Lipinski definition) is 1. The van der Waals surface area contributed by atoms with Crippen LogP contribution in [-0.4, -0.2) is 62.1 Å². The molecule has 0 bridgehead atoms. The summed E-state index contributed by atoms with van der Waals surface area (Å²) in [6.45, 7) is 2.18. The molecule has 3 rings (SSSR count). The summed E-state index contributed by atoms with van der Waals surface area (Å²) in [5, 5.41) is 2.72. The largest absolute Gasteiger partial charge is 0.355 e. The normalized spacial score (nSPS) is 15.3. The standard InChI is InChI=1S/C20H25BrN4O3S/c21-18-6-2-1-5-17(18)8-9-20(26)23-11-16-29(27,28)25-14-12-24(13-15-25)19-7-3-4-10-22-19/h1-7,10H,8-9,11-16H2,(H,23,26). The quantitative estimate of drug-likeness (QED) is 0.624. The predicted molar refractivity (Wildman–Crippen MR) is 117 cm³/mol. The minimum Gasteiger partial charge on any atom is -0.355 e. The summed E-state index contributed by atoms with van der Waals surface area (Å²) < 4.78 is 27.6. The number of halogens is 1. The SMILES string of the molecule is O=C(CCc1ccccc1Br)NCCS(=O)(=O)N1CCN(c2ccccn2)CC1. The van der Waals surface area contributed by atoms with Crippen molar-refractivity contribution >= 4 is 37.7 Å². The highest BCUT2D eigenvalue weighted by Crippen LogP contribution is 2.17. The molecule has 1 amide bonds. The van der Waals surface area contributed by atoms with Crippen LogP contribution in [0.25, 0.3) is 0 Å². The smallest absolute Gasteiger partial charge is 0.220 e. The molecule has 156 valence electrons. The molecule has 0 spiro atoms. The number of carbonyl (C=O) groups excluding carboxylic acids is 1. The van der Waals surface area contributed by atoms with Crippen LogP contribution in [0.4, 0.5) is 5.82 Å². The van der Waals surface area contributed by atoms with Crippen LogP contribution in [0.3, 0.4) is 0 Å². The molecule has 1 fully saturated rings. The van der Waals surface area contributed by atoms with Gasteiger partial charge in [-0.2, -0.15) is 4.31 Å². The zero-order valence-electron chi connectivity index (χ0n) is 16.1. The fourth-order valence-corrected chi connectivity index (χ4v) is 5.04. The fourth-order valence-electron chi connectivity index (χ4n) is 3.22. The minimum atomic E-state index is -3.39. The number of sulfonamides is 1. The van der Waals surface area contributed by atoms with Gasteiger partial charge in [0.2, 0.25) is 15.9 Å². The number of nitrogens with zero attached hydrogens (tertiary/aromatic N) is 3. The number of nitrogens with one attached hydrogen (secondary N) is 1. The molecule has 0 saturated carbocycles. The molecular weight excluding hydrogens is 456 g/mol. The van der Waals surface area contributed by atoms with E-state index in [1.54, 1.807) is 6.20 Å². The summed E-state index contributed by atoms with van der Waals surface area (Å²) in [5.74, 6) is 0.634. The van der Waals surface area contributed by atoms with Gasteiger partial charge in [0.1, 0.15) is 5.82 Å². The molecule has 0 unspecified atom stereocenters. The molecular formula is C20H25BrN4O3S. The zero-order valence-corrected chi connectivity index (χ0v) is 18.5. The van der Waals surface area contributed by atoms with E-state index in [1.165, 1.54) is 4.31 Å². The van der Waals surface area contributed by atoms with Crippen molar-refractivity contribution in [2.45, 2.75) is 12.8 Å². The van der Waals surface area contributed by atoms with E-state index in [4.69, 9.17) is 0 Å². The molecule has 29 heavy (non-hydrogen) atoms. The molecule has 1 N–H and O–H groups in total. The molecule has 1 aliphatic heterocycles. The van der Waals surface area contributed by atoms with Gasteiger partial charge < -0.3 is 10.2 Å². The van der Waals surface area contributed by atoms with E-state index in [0.717, 1.165) is 15.9 Å². The number of amides is 1. The first-order valence-electron chi connectivity index (χ1n) is 9.59. The van der Waals surface area contributed by atoms with E-state index in [1.807, 2.05) is 42.5 Å². The molecule has 1 aromatic heterocycles. The number of aryl methyl sites for hydroxylation is 1. The molecule has 7 nitrogen and oxygen atoms in total. The molecule has 1 aromatic carbocycles. The molecule has 2 heterocycles. The van der Waals surface area contributed by atoms with Crippen molar-refractivity contribution in [1.29, 1.82) is 0 Å². The number of hydrogen-bond acceptors (Lipinski definition) is 5. The Morgan fingerprint density at radius 3 is 2.48 bits per heavy atom. The Morgan fingerprint density at radius 1 is 1.07 bits per heavy atom. The Hall–Kier alpha value is -1.97. The molecule has 0 aliphatic carbocycles. The third-order valence-corrected chi connectivity index (χ3v) is 7.51. The van der Waals surface area contributed by atoms with Gasteiger partial charge in [-0.1, -0.05) is 40.2 Å². The fraction of sp³-hybridized carbons (Fsp3) is 0.400. The maximum Gasteiger partial charge on any atom is 0.220 e. The maximum atomic E-state index is 12.6. The van der Waals surface area contributed by atoms with Crippen molar-refractivity contribution in [3.05, 3.63) is 58.7 Å². The number of pyridine rings is 1. The van der Waals surface area contributed by atoms with Gasteiger partial charge in [0, 0.05) is 49.8 Å². The summed E-state index contributed by atoms with van der Waals surface area (Å²) in [6.07, 6.45) is 2.67. The van der Waals surface area contributed by atoms with Gasteiger partial charge >= 0.3 is 0 Å². The molecule has 0 atom stereocenters. The van der Waals surface area contributed by atoms with Crippen molar-refractivity contribution in [3.63, 3.8) is 0 Å². The number of carbonyl (C=O) groups is 1. The first kappa shape index (κ1) is 21.7. The second-order valence-corrected chi connectivity index (χ2v) is 9.77. The molecule has 9 heteroatoms. The number of anilines is 1. The van der Waals surface area contributed by atoms with Gasteiger partial charge in [-0.15, -0.1) is 0 Å². The third kappa shape index (κ3) is 6.25. The van der Waals surface area contributed by atoms with E-state index in [0.29, 0.717) is 39.0 Å². The second kappa shape index (κ2) is 10.2. The number of rotatable bonds is 8. The summed E-state index contributed by atoms with van der Waals surface area (Å²) in [6, 6.07) is 13.5. The maximum absolute atomic E-state index is 12.6. The Labute approximate surface area is 180 Å². The first-order valence-corrected chi connectivity index (χ1v) is 12.0. The first-order chi connectivity index (χ1) is 14.0. The second-order valence-electron chi connectivity index (χ2n) is 6.83. The summed E-state index contributed by atoms with van der Waals surface area (Å²) in [4.78, 5) is 18.4. The van der Waals surface area contributed by atoms with Gasteiger partial charge in [0.05, 0.1) is 5.75 Å². The summed E-state index contributed by atoms with van der Waals surface area (Å²) >= 11 is 3.46. The number of piperazine rings is 1. The summed E-state index contributed by atoms with van der Waals surface area (Å²) in [7, 11) is -3.39. The molecule has 1 aliphatic rings. The highest BCUT2D eigenvalue weighted by Gasteiger charge is 2.27. The lowest BCUT2D eigenvalue weighted by atomic mass is 10.1. The van der Waals surface area contributed by atoms with Crippen molar-refractivity contribution < 1.29 is 13.2 Å². The van der Waals surface area contributed by atoms with Gasteiger partial charge in [-0.3, -0.25) is 4.79 Å². The topological polar surface area (TPSA) is 82.6 Å². The van der Waals surface area contributed by atoms with E-state index < -0.39 is 10.0 Å². The lowest BCUT2D eigenvalue weighted by Gasteiger charge is -2.34. The Balaban J connectivity index is 1.40. The van der Waals surface area contributed by atoms with E-state index >= 15 is 0 Å². The van der Waals surface area contributed by atoms with Crippen LogP contribution in [-0.2, 0) is 21.2 Å². The Bertz CT molecular complexity index is 916. The van der Waals surface area contributed by atoms with Crippen LogP contribution < -0.4 is 10.2 Å². The predicted octanol–water partition coefficient (Wildman–Crippen LogP) is 2.04. The van der Waals surface area contributed by atoms with E-state index in [-0.39, 0.29) is 18.2 Å². The Morgan fingerprint density at radius 2 is 1.79 bits per heavy atom. The van der Waals surface area contributed by atoms with E-state index in [9.17, 15) is 13.2 Å². The number of aromatic nitrogens is 1. The minimum absolute atomic E-state index is 0.0860. The van der Waals surface area contributed by atoms with Crippen LogP contribution in [0, 0.1) is 0 Å². The van der Waals surface area contributed by atoms with E-state index in [2.05, 4.69) is 31.1 Å². The lowest BCUT2D eigenvalue weighted by Crippen LogP contribution is -2.50. The highest BCUT2D eigenvalue weighted by atomic mass is 79.9. The van der Waals surface area contributed by atoms with Crippen molar-refractivity contribution in [2.75, 3.05) is 43.4 Å². The average Bonchev–Trinajstić information content (AvgIpc) is 2.74. The van der Waals surface area contributed by atoms with Crippen LogP contribution >= 0.6 is 15.9 Å². The van der Waals surface area contributed by atoms with Crippen molar-refractivity contribution in [1.82, 2.24) is 14.6 Å². The van der Waals surface area contributed by atoms with Gasteiger partial charge in [0.25, 0.3) is 0 Å². The third-order valence-electron chi connectivity index (χ3n) is 4.87. The number of benzene rings is 1.